The van der Waals surface area contributed by atoms with Crippen LogP contribution in [0.5, 0.6) is 0 Å². The Balaban J connectivity index is 1.50. The van der Waals surface area contributed by atoms with Crippen molar-refractivity contribution in [1.29, 1.82) is 0 Å². The fourth-order valence-corrected chi connectivity index (χ4v) is 3.89. The first-order chi connectivity index (χ1) is 13.5. The number of anilines is 1. The summed E-state index contributed by atoms with van der Waals surface area (Å²) in [5.74, 6) is 0.0943. The Labute approximate surface area is 161 Å². The highest BCUT2D eigenvalue weighted by Gasteiger charge is 2.22. The smallest absolute Gasteiger partial charge is 0.325 e. The van der Waals surface area contributed by atoms with Gasteiger partial charge in [0, 0.05) is 39.3 Å². The minimum absolute atomic E-state index is 0.0943. The van der Waals surface area contributed by atoms with Gasteiger partial charge in [-0.2, -0.15) is 0 Å². The number of rotatable bonds is 4. The van der Waals surface area contributed by atoms with E-state index in [1.165, 1.54) is 17.2 Å². The first-order valence-corrected chi connectivity index (χ1v) is 9.48. The van der Waals surface area contributed by atoms with Gasteiger partial charge < -0.3 is 9.47 Å². The lowest BCUT2D eigenvalue weighted by atomic mass is 10.0. The molecule has 0 saturated heterocycles. The summed E-state index contributed by atoms with van der Waals surface area (Å²) < 4.78 is 4.17. The molecule has 1 aliphatic heterocycles. The van der Waals surface area contributed by atoms with Gasteiger partial charge in [-0.25, -0.2) is 9.78 Å². The molecule has 0 bridgehead atoms. The molecule has 8 nitrogen and oxygen atoms in total. The van der Waals surface area contributed by atoms with Gasteiger partial charge in [0.05, 0.1) is 6.33 Å². The predicted octanol–water partition coefficient (Wildman–Crippen LogP) is 1.19. The van der Waals surface area contributed by atoms with E-state index in [1.54, 1.807) is 17.9 Å². The number of carbonyl (C=O) groups is 1. The summed E-state index contributed by atoms with van der Waals surface area (Å²) >= 11 is 0. The minimum atomic E-state index is -0.401. The Morgan fingerprint density at radius 2 is 1.93 bits per heavy atom. The van der Waals surface area contributed by atoms with Crippen molar-refractivity contribution in [1.82, 2.24) is 18.7 Å². The lowest BCUT2D eigenvalue weighted by Crippen LogP contribution is -2.37. The van der Waals surface area contributed by atoms with Crippen molar-refractivity contribution in [2.45, 2.75) is 32.2 Å². The normalized spacial score (nSPS) is 13.7. The Hall–Kier alpha value is -3.16. The Morgan fingerprint density at radius 1 is 1.14 bits per heavy atom. The van der Waals surface area contributed by atoms with Gasteiger partial charge in [0.2, 0.25) is 5.91 Å². The number of nitrogens with zero attached hydrogens (tertiary/aromatic N) is 5. The van der Waals surface area contributed by atoms with Gasteiger partial charge in [-0.15, -0.1) is 0 Å². The van der Waals surface area contributed by atoms with Crippen LogP contribution in [0.4, 0.5) is 5.69 Å². The van der Waals surface area contributed by atoms with E-state index < -0.39 is 5.69 Å². The highest BCUT2D eigenvalue weighted by atomic mass is 16.2. The van der Waals surface area contributed by atoms with Crippen LogP contribution in [-0.2, 0) is 31.9 Å². The number of fused-ring (bicyclic) bond motifs is 2. The number of aromatic nitrogens is 4. The topological polar surface area (TPSA) is 82.1 Å². The number of imidazole rings is 1. The third-order valence-corrected chi connectivity index (χ3v) is 5.42. The zero-order chi connectivity index (χ0) is 19.8. The molecule has 8 heteroatoms. The SMILES string of the molecule is Cn1c(=O)c2c(ncn2CCCC(=O)N2CCCc3ccccc32)n(C)c1=O. The summed E-state index contributed by atoms with van der Waals surface area (Å²) in [6.45, 7) is 1.23. The van der Waals surface area contributed by atoms with Crippen LogP contribution in [0.3, 0.4) is 0 Å². The average molecular weight is 381 g/mol. The number of para-hydroxylation sites is 1. The predicted molar refractivity (Wildman–Crippen MR) is 107 cm³/mol. The zero-order valence-corrected chi connectivity index (χ0v) is 16.1. The summed E-state index contributed by atoms with van der Waals surface area (Å²) in [6, 6.07) is 8.04. The Kier molecular flexibility index (Phi) is 4.62. The van der Waals surface area contributed by atoms with Crippen molar-refractivity contribution in [2.75, 3.05) is 11.4 Å². The average Bonchev–Trinajstić information content (AvgIpc) is 3.14. The van der Waals surface area contributed by atoms with Gasteiger partial charge >= 0.3 is 5.69 Å². The summed E-state index contributed by atoms with van der Waals surface area (Å²) in [6.07, 6.45) is 4.52. The van der Waals surface area contributed by atoms with Crippen LogP contribution in [0, 0.1) is 0 Å². The molecule has 28 heavy (non-hydrogen) atoms. The maximum absolute atomic E-state index is 12.8. The lowest BCUT2D eigenvalue weighted by molar-refractivity contribution is -0.118. The number of benzene rings is 1. The summed E-state index contributed by atoms with van der Waals surface area (Å²) in [7, 11) is 3.05. The summed E-state index contributed by atoms with van der Waals surface area (Å²) in [4.78, 5) is 43.3. The molecule has 1 amide bonds. The van der Waals surface area contributed by atoms with Crippen molar-refractivity contribution < 1.29 is 4.79 Å². The second-order valence-electron chi connectivity index (χ2n) is 7.20. The molecule has 0 saturated carbocycles. The van der Waals surface area contributed by atoms with Crippen LogP contribution in [-0.4, -0.2) is 31.1 Å². The molecule has 1 aliphatic rings. The van der Waals surface area contributed by atoms with Gasteiger partial charge in [0.15, 0.2) is 11.2 Å². The van der Waals surface area contributed by atoms with E-state index in [1.807, 2.05) is 23.1 Å². The second kappa shape index (κ2) is 7.10. The van der Waals surface area contributed by atoms with Crippen molar-refractivity contribution in [2.24, 2.45) is 14.1 Å². The van der Waals surface area contributed by atoms with Gasteiger partial charge in [-0.05, 0) is 30.9 Å². The number of hydrogen-bond donors (Lipinski definition) is 0. The van der Waals surface area contributed by atoms with E-state index in [2.05, 4.69) is 11.1 Å². The first-order valence-electron chi connectivity index (χ1n) is 9.48. The maximum Gasteiger partial charge on any atom is 0.332 e. The van der Waals surface area contributed by atoms with Crippen molar-refractivity contribution >= 4 is 22.8 Å². The highest BCUT2D eigenvalue weighted by Crippen LogP contribution is 2.27. The van der Waals surface area contributed by atoms with Gasteiger partial charge in [-0.3, -0.25) is 18.7 Å². The van der Waals surface area contributed by atoms with Crippen LogP contribution in [0.15, 0.2) is 40.2 Å². The monoisotopic (exact) mass is 381 g/mol. The fourth-order valence-electron chi connectivity index (χ4n) is 3.89. The van der Waals surface area contributed by atoms with Gasteiger partial charge in [-0.1, -0.05) is 18.2 Å². The van der Waals surface area contributed by atoms with Crippen LogP contribution in [0.25, 0.3) is 11.2 Å². The van der Waals surface area contributed by atoms with E-state index in [0.717, 1.165) is 29.6 Å². The number of amides is 1. The van der Waals surface area contributed by atoms with Crippen LogP contribution in [0.1, 0.15) is 24.8 Å². The molecular formula is C20H23N5O3. The van der Waals surface area contributed by atoms with E-state index in [4.69, 9.17) is 0 Å². The zero-order valence-electron chi connectivity index (χ0n) is 16.1. The number of carbonyl (C=O) groups excluding carboxylic acids is 1. The second-order valence-corrected chi connectivity index (χ2v) is 7.20. The molecule has 3 heterocycles. The molecule has 146 valence electrons. The molecule has 0 N–H and O–H groups in total. The summed E-state index contributed by atoms with van der Waals surface area (Å²) in [5, 5.41) is 0. The van der Waals surface area contributed by atoms with Gasteiger partial charge in [0.25, 0.3) is 5.56 Å². The van der Waals surface area contributed by atoms with E-state index in [9.17, 15) is 14.4 Å². The lowest BCUT2D eigenvalue weighted by Gasteiger charge is -2.29. The van der Waals surface area contributed by atoms with Gasteiger partial charge in [0.1, 0.15) is 0 Å². The standard InChI is InChI=1S/C20H23N5O3/c1-22-18-17(19(27)23(2)20(22)28)24(13-21-18)11-6-10-16(26)25-12-5-8-14-7-3-4-9-15(14)25/h3-4,7,9,13H,5-6,8,10-12H2,1-2H3. The minimum Gasteiger partial charge on any atom is -0.325 e. The Bertz CT molecular complexity index is 1170. The first kappa shape index (κ1) is 18.2. The molecule has 0 radical (unpaired) electrons. The van der Waals surface area contributed by atoms with E-state index in [-0.39, 0.29) is 11.5 Å². The fraction of sp³-hybridized carbons (Fsp3) is 0.400. The molecule has 0 atom stereocenters. The highest BCUT2D eigenvalue weighted by molar-refractivity contribution is 5.94. The Morgan fingerprint density at radius 3 is 2.75 bits per heavy atom. The molecule has 0 unspecified atom stereocenters. The molecule has 2 aromatic heterocycles. The molecule has 3 aromatic rings. The third kappa shape index (κ3) is 2.94. The summed E-state index contributed by atoms with van der Waals surface area (Å²) in [5.41, 5.74) is 2.21. The molecule has 0 aliphatic carbocycles. The molecular weight excluding hydrogens is 358 g/mol. The maximum atomic E-state index is 12.8. The van der Waals surface area contributed by atoms with E-state index >= 15 is 0 Å². The quantitative estimate of drug-likeness (QED) is 0.680. The molecule has 1 aromatic carbocycles. The van der Waals surface area contributed by atoms with Crippen molar-refractivity contribution in [3.63, 3.8) is 0 Å². The van der Waals surface area contributed by atoms with E-state index in [0.29, 0.717) is 30.6 Å². The molecule has 0 spiro atoms. The third-order valence-electron chi connectivity index (χ3n) is 5.42. The van der Waals surface area contributed by atoms with Crippen molar-refractivity contribution in [3.8, 4) is 0 Å². The number of hydrogen-bond acceptors (Lipinski definition) is 4. The molecule has 4 rings (SSSR count). The van der Waals surface area contributed by atoms with Crippen molar-refractivity contribution in [3.05, 3.63) is 57.0 Å². The van der Waals surface area contributed by atoms with Crippen LogP contribution in [0.2, 0.25) is 0 Å². The largest absolute Gasteiger partial charge is 0.332 e. The van der Waals surface area contributed by atoms with Crippen LogP contribution < -0.4 is 16.1 Å². The molecule has 0 fully saturated rings. The van der Waals surface area contributed by atoms with Crippen LogP contribution >= 0.6 is 0 Å². The number of aryl methyl sites for hydroxylation is 3.